The Morgan fingerprint density at radius 2 is 2.08 bits per heavy atom. The minimum atomic E-state index is 0.444. The maximum Gasteiger partial charge on any atom is 0.191 e. The van der Waals surface area contributed by atoms with Crippen LogP contribution in [0, 0.1) is 6.92 Å². The van der Waals surface area contributed by atoms with Crippen molar-refractivity contribution in [3.05, 3.63) is 58.6 Å². The standard InChI is InChI=1S/C18H23N7S/c1-3-19-18(20-10-9-15-12-26-14(2)23-15)21-11-17-24-22-13-25(17)16-7-5-4-6-8-16/h4-8,12-13H,3,9-11H2,1-2H3,(H2,19,20,21). The summed E-state index contributed by atoms with van der Waals surface area (Å²) in [5, 5.41) is 18.0. The minimum Gasteiger partial charge on any atom is -0.357 e. The highest BCUT2D eigenvalue weighted by molar-refractivity contribution is 7.09. The second kappa shape index (κ2) is 9.10. The number of hydrogen-bond acceptors (Lipinski definition) is 5. The molecule has 3 aromatic rings. The molecular formula is C18H23N7S. The highest BCUT2D eigenvalue weighted by Crippen LogP contribution is 2.10. The van der Waals surface area contributed by atoms with E-state index >= 15 is 0 Å². The molecule has 2 N–H and O–H groups in total. The zero-order chi connectivity index (χ0) is 18.2. The van der Waals surface area contributed by atoms with Crippen molar-refractivity contribution >= 4 is 17.3 Å². The third kappa shape index (κ3) is 4.89. The van der Waals surface area contributed by atoms with Gasteiger partial charge in [-0.2, -0.15) is 0 Å². The molecule has 2 heterocycles. The fourth-order valence-electron chi connectivity index (χ4n) is 2.49. The minimum absolute atomic E-state index is 0.444. The predicted molar refractivity (Wildman–Crippen MR) is 105 cm³/mol. The van der Waals surface area contributed by atoms with E-state index in [0.29, 0.717) is 6.54 Å². The molecule has 0 atom stereocenters. The molecule has 0 aliphatic carbocycles. The van der Waals surface area contributed by atoms with Crippen molar-refractivity contribution in [2.24, 2.45) is 4.99 Å². The van der Waals surface area contributed by atoms with Crippen molar-refractivity contribution < 1.29 is 0 Å². The smallest absolute Gasteiger partial charge is 0.191 e. The molecule has 3 rings (SSSR count). The van der Waals surface area contributed by atoms with Crippen LogP contribution in [0.2, 0.25) is 0 Å². The van der Waals surface area contributed by atoms with Gasteiger partial charge in [-0.05, 0) is 26.0 Å². The van der Waals surface area contributed by atoms with Gasteiger partial charge >= 0.3 is 0 Å². The van der Waals surface area contributed by atoms with Crippen LogP contribution in [0.4, 0.5) is 0 Å². The second-order valence-corrected chi connectivity index (χ2v) is 6.74. The molecule has 0 aliphatic heterocycles. The molecule has 0 saturated heterocycles. The fraction of sp³-hybridized carbons (Fsp3) is 0.333. The van der Waals surface area contributed by atoms with Crippen molar-refractivity contribution in [2.45, 2.75) is 26.8 Å². The van der Waals surface area contributed by atoms with Crippen LogP contribution in [-0.2, 0) is 13.0 Å². The van der Waals surface area contributed by atoms with Crippen molar-refractivity contribution in [3.63, 3.8) is 0 Å². The molecule has 0 aliphatic rings. The van der Waals surface area contributed by atoms with Gasteiger partial charge in [0, 0.05) is 30.6 Å². The van der Waals surface area contributed by atoms with Gasteiger partial charge in [-0.15, -0.1) is 21.5 Å². The van der Waals surface area contributed by atoms with Crippen molar-refractivity contribution in [2.75, 3.05) is 13.1 Å². The molecule has 0 radical (unpaired) electrons. The van der Waals surface area contributed by atoms with Crippen LogP contribution >= 0.6 is 11.3 Å². The summed E-state index contributed by atoms with van der Waals surface area (Å²) in [7, 11) is 0. The summed E-state index contributed by atoms with van der Waals surface area (Å²) in [6.45, 7) is 6.09. The third-order valence-electron chi connectivity index (χ3n) is 3.72. The number of aliphatic imine (C=N–C) groups is 1. The molecule has 26 heavy (non-hydrogen) atoms. The van der Waals surface area contributed by atoms with E-state index in [1.807, 2.05) is 48.7 Å². The zero-order valence-electron chi connectivity index (χ0n) is 15.0. The van der Waals surface area contributed by atoms with E-state index < -0.39 is 0 Å². The van der Waals surface area contributed by atoms with Gasteiger partial charge in [0.05, 0.1) is 10.7 Å². The summed E-state index contributed by atoms with van der Waals surface area (Å²) in [6.07, 6.45) is 2.58. The average Bonchev–Trinajstić information content (AvgIpc) is 3.29. The Morgan fingerprint density at radius 3 is 2.81 bits per heavy atom. The van der Waals surface area contributed by atoms with Crippen LogP contribution in [0.3, 0.4) is 0 Å². The van der Waals surface area contributed by atoms with Gasteiger partial charge in [0.15, 0.2) is 11.8 Å². The molecule has 1 aromatic carbocycles. The molecular weight excluding hydrogens is 346 g/mol. The highest BCUT2D eigenvalue weighted by atomic mass is 32.1. The Hall–Kier alpha value is -2.74. The Balaban J connectivity index is 1.61. The van der Waals surface area contributed by atoms with Gasteiger partial charge in [0.2, 0.25) is 0 Å². The van der Waals surface area contributed by atoms with E-state index in [4.69, 9.17) is 0 Å². The molecule has 7 nitrogen and oxygen atoms in total. The van der Waals surface area contributed by atoms with Gasteiger partial charge < -0.3 is 10.6 Å². The first-order valence-electron chi connectivity index (χ1n) is 8.63. The largest absolute Gasteiger partial charge is 0.357 e. The maximum atomic E-state index is 4.63. The number of benzene rings is 1. The van der Waals surface area contributed by atoms with Gasteiger partial charge in [-0.1, -0.05) is 18.2 Å². The van der Waals surface area contributed by atoms with Crippen LogP contribution in [0.25, 0.3) is 5.69 Å². The van der Waals surface area contributed by atoms with Crippen molar-refractivity contribution in [1.82, 2.24) is 30.4 Å². The summed E-state index contributed by atoms with van der Waals surface area (Å²) in [6, 6.07) is 10.0. The Kier molecular flexibility index (Phi) is 6.32. The summed E-state index contributed by atoms with van der Waals surface area (Å²) in [5.74, 6) is 1.56. The van der Waals surface area contributed by atoms with Gasteiger partial charge in [-0.25, -0.2) is 9.98 Å². The molecule has 0 amide bonds. The first-order chi connectivity index (χ1) is 12.8. The molecule has 0 fully saturated rings. The van der Waals surface area contributed by atoms with E-state index in [2.05, 4.69) is 36.2 Å². The molecule has 0 spiro atoms. The number of para-hydroxylation sites is 1. The fourth-order valence-corrected chi connectivity index (χ4v) is 3.14. The van der Waals surface area contributed by atoms with Crippen LogP contribution < -0.4 is 10.6 Å². The van der Waals surface area contributed by atoms with Crippen LogP contribution in [0.5, 0.6) is 0 Å². The molecule has 2 aromatic heterocycles. The normalized spacial score (nSPS) is 11.5. The lowest BCUT2D eigenvalue weighted by atomic mass is 10.3. The van der Waals surface area contributed by atoms with Crippen molar-refractivity contribution in [1.29, 1.82) is 0 Å². The first kappa shape index (κ1) is 18.1. The van der Waals surface area contributed by atoms with E-state index in [0.717, 1.165) is 47.7 Å². The zero-order valence-corrected chi connectivity index (χ0v) is 15.8. The SMILES string of the molecule is CCNC(=NCc1nncn1-c1ccccc1)NCCc1csc(C)n1. The highest BCUT2D eigenvalue weighted by Gasteiger charge is 2.06. The number of aryl methyl sites for hydroxylation is 1. The van der Waals surface area contributed by atoms with Crippen molar-refractivity contribution in [3.8, 4) is 5.69 Å². The summed E-state index contributed by atoms with van der Waals surface area (Å²) in [5.41, 5.74) is 2.14. The van der Waals surface area contributed by atoms with E-state index in [1.165, 1.54) is 0 Å². The van der Waals surface area contributed by atoms with Gasteiger partial charge in [0.25, 0.3) is 0 Å². The molecule has 136 valence electrons. The number of thiazole rings is 1. The Morgan fingerprint density at radius 1 is 1.23 bits per heavy atom. The molecule has 0 bridgehead atoms. The molecule has 8 heteroatoms. The van der Waals surface area contributed by atoms with Crippen LogP contribution in [0.15, 0.2) is 47.0 Å². The lowest BCUT2D eigenvalue weighted by Gasteiger charge is -2.11. The average molecular weight is 369 g/mol. The Labute approximate surface area is 157 Å². The van der Waals surface area contributed by atoms with E-state index in [1.54, 1.807) is 17.7 Å². The number of nitrogens with zero attached hydrogens (tertiary/aromatic N) is 5. The van der Waals surface area contributed by atoms with Crippen LogP contribution in [-0.4, -0.2) is 38.8 Å². The third-order valence-corrected chi connectivity index (χ3v) is 4.54. The number of nitrogens with one attached hydrogen (secondary N) is 2. The second-order valence-electron chi connectivity index (χ2n) is 5.68. The molecule has 0 saturated carbocycles. The number of guanidine groups is 1. The van der Waals surface area contributed by atoms with E-state index in [9.17, 15) is 0 Å². The van der Waals surface area contributed by atoms with Gasteiger partial charge in [0.1, 0.15) is 12.9 Å². The summed E-state index contributed by atoms with van der Waals surface area (Å²) in [4.78, 5) is 9.11. The quantitative estimate of drug-likeness (QED) is 0.494. The molecule has 0 unspecified atom stereocenters. The lowest BCUT2D eigenvalue weighted by molar-refractivity contribution is 0.777. The van der Waals surface area contributed by atoms with Gasteiger partial charge in [-0.3, -0.25) is 4.57 Å². The number of rotatable bonds is 7. The van der Waals surface area contributed by atoms with E-state index in [-0.39, 0.29) is 0 Å². The monoisotopic (exact) mass is 369 g/mol. The topological polar surface area (TPSA) is 80.0 Å². The number of aromatic nitrogens is 4. The summed E-state index contributed by atoms with van der Waals surface area (Å²) >= 11 is 1.68. The predicted octanol–water partition coefficient (Wildman–Crippen LogP) is 2.33. The van der Waals surface area contributed by atoms with Crippen LogP contribution in [0.1, 0.15) is 23.4 Å². The Bertz CT molecular complexity index is 838. The number of hydrogen-bond donors (Lipinski definition) is 2. The first-order valence-corrected chi connectivity index (χ1v) is 9.51. The maximum absolute atomic E-state index is 4.63. The summed E-state index contributed by atoms with van der Waals surface area (Å²) < 4.78 is 1.95. The lowest BCUT2D eigenvalue weighted by Crippen LogP contribution is -2.38.